The zero-order valence-corrected chi connectivity index (χ0v) is 17.2. The number of anilines is 1. The topological polar surface area (TPSA) is 67.4 Å². The minimum Gasteiger partial charge on any atom is -0.494 e. The lowest BCUT2D eigenvalue weighted by Crippen LogP contribution is -2.38. The van der Waals surface area contributed by atoms with Crippen molar-refractivity contribution in [2.24, 2.45) is 0 Å². The highest BCUT2D eigenvalue weighted by molar-refractivity contribution is 6.31. The third kappa shape index (κ3) is 4.71. The van der Waals surface area contributed by atoms with Gasteiger partial charge in [-0.05, 0) is 19.4 Å². The summed E-state index contributed by atoms with van der Waals surface area (Å²) in [4.78, 5) is 14.6. The monoisotopic (exact) mass is 413 g/mol. The summed E-state index contributed by atoms with van der Waals surface area (Å²) in [7, 11) is 0. The average molecular weight is 414 g/mol. The third-order valence-electron chi connectivity index (χ3n) is 4.72. The number of carbonyl (C=O) groups is 1. The number of nitrogens with one attached hydrogen (secondary N) is 1. The Balaban J connectivity index is 1.62. The van der Waals surface area contributed by atoms with Gasteiger partial charge in [0.15, 0.2) is 5.75 Å². The Morgan fingerprint density at radius 1 is 1.48 bits per heavy atom. The number of hydrogen-bond acceptors (Lipinski definition) is 4. The maximum Gasteiger partial charge on any atom is 0.227 e. The van der Waals surface area contributed by atoms with Crippen molar-refractivity contribution in [3.05, 3.63) is 66.2 Å². The van der Waals surface area contributed by atoms with Gasteiger partial charge in [0, 0.05) is 34.3 Å². The number of halogens is 1. The summed E-state index contributed by atoms with van der Waals surface area (Å²) >= 11 is 6.02. The molecule has 1 aliphatic heterocycles. The molecular formula is C22H24ClN3O3. The van der Waals surface area contributed by atoms with E-state index in [9.17, 15) is 4.79 Å². The summed E-state index contributed by atoms with van der Waals surface area (Å²) in [5.41, 5.74) is 3.35. The number of amides is 1. The Morgan fingerprint density at radius 2 is 2.31 bits per heavy atom. The van der Waals surface area contributed by atoms with Crippen LogP contribution in [0.25, 0.3) is 11.1 Å². The highest BCUT2D eigenvalue weighted by atomic mass is 35.5. The number of H-pyrrole nitrogens is 1. The van der Waals surface area contributed by atoms with Crippen molar-refractivity contribution in [2.45, 2.75) is 19.8 Å². The Bertz CT molecular complexity index is 935. The second kappa shape index (κ2) is 9.47. The number of carbonyl (C=O) groups excluding carboxylic acids is 1. The lowest BCUT2D eigenvalue weighted by molar-refractivity contribution is -0.119. The summed E-state index contributed by atoms with van der Waals surface area (Å²) in [6.45, 7) is 10.7. The minimum absolute atomic E-state index is 0.0319. The summed E-state index contributed by atoms with van der Waals surface area (Å²) in [5, 5.41) is 7.31. The van der Waals surface area contributed by atoms with E-state index in [1.165, 1.54) is 0 Å². The molecule has 6 nitrogen and oxygen atoms in total. The van der Waals surface area contributed by atoms with E-state index in [-0.39, 0.29) is 5.91 Å². The lowest BCUT2D eigenvalue weighted by Gasteiger charge is -2.31. The highest BCUT2D eigenvalue weighted by Gasteiger charge is 2.25. The van der Waals surface area contributed by atoms with Gasteiger partial charge in [0.05, 0.1) is 25.0 Å². The van der Waals surface area contributed by atoms with Crippen molar-refractivity contribution in [1.29, 1.82) is 0 Å². The number of allylic oxidation sites excluding steroid dienone is 3. The van der Waals surface area contributed by atoms with Gasteiger partial charge >= 0.3 is 0 Å². The van der Waals surface area contributed by atoms with Crippen LogP contribution in [-0.2, 0) is 9.53 Å². The van der Waals surface area contributed by atoms with Crippen LogP contribution in [0.2, 0.25) is 0 Å². The number of aromatic amines is 1. The van der Waals surface area contributed by atoms with Gasteiger partial charge in [0.2, 0.25) is 5.91 Å². The molecule has 29 heavy (non-hydrogen) atoms. The van der Waals surface area contributed by atoms with Gasteiger partial charge in [-0.2, -0.15) is 5.10 Å². The first-order chi connectivity index (χ1) is 14.0. The first-order valence-electron chi connectivity index (χ1n) is 9.39. The van der Waals surface area contributed by atoms with E-state index < -0.39 is 0 Å². The van der Waals surface area contributed by atoms with Crippen LogP contribution in [0.15, 0.2) is 66.2 Å². The number of ether oxygens (including phenoxy) is 2. The average Bonchev–Trinajstić information content (AvgIpc) is 3.29. The molecule has 2 aromatic rings. The van der Waals surface area contributed by atoms with Gasteiger partial charge in [0.1, 0.15) is 12.4 Å². The summed E-state index contributed by atoms with van der Waals surface area (Å²) in [6, 6.07) is 5.78. The van der Waals surface area contributed by atoms with Gasteiger partial charge in [-0.15, -0.1) is 0 Å². The molecule has 0 radical (unpaired) electrons. The lowest BCUT2D eigenvalue weighted by atomic mass is 10.1. The molecule has 7 heteroatoms. The van der Waals surface area contributed by atoms with Gasteiger partial charge in [-0.1, -0.05) is 43.0 Å². The molecule has 0 spiro atoms. The number of aromatic nitrogens is 2. The van der Waals surface area contributed by atoms with E-state index in [4.69, 9.17) is 21.1 Å². The van der Waals surface area contributed by atoms with E-state index >= 15 is 0 Å². The third-order valence-corrected chi connectivity index (χ3v) is 5.16. The minimum atomic E-state index is 0.0319. The molecule has 0 unspecified atom stereocenters. The van der Waals surface area contributed by atoms with Crippen LogP contribution in [0.5, 0.6) is 5.75 Å². The normalized spacial score (nSPS) is 13.8. The Morgan fingerprint density at radius 3 is 3.03 bits per heavy atom. The Kier molecular flexibility index (Phi) is 6.77. The molecule has 1 aromatic carbocycles. The first-order valence-corrected chi connectivity index (χ1v) is 9.77. The van der Waals surface area contributed by atoms with Crippen LogP contribution in [0, 0.1) is 0 Å². The highest BCUT2D eigenvalue weighted by Crippen LogP contribution is 2.40. The van der Waals surface area contributed by atoms with Crippen LogP contribution in [0.1, 0.15) is 19.8 Å². The summed E-state index contributed by atoms with van der Waals surface area (Å²) in [6.07, 6.45) is 6.02. The molecular weight excluding hydrogens is 390 g/mol. The number of benzene rings is 1. The molecule has 0 aliphatic carbocycles. The van der Waals surface area contributed by atoms with Gasteiger partial charge in [0.25, 0.3) is 0 Å². The molecule has 0 atom stereocenters. The van der Waals surface area contributed by atoms with E-state index in [1.54, 1.807) is 23.4 Å². The van der Waals surface area contributed by atoms with Gasteiger partial charge in [-0.3, -0.25) is 9.89 Å². The molecule has 0 bridgehead atoms. The van der Waals surface area contributed by atoms with E-state index in [2.05, 4.69) is 23.4 Å². The fraction of sp³-hybridized carbons (Fsp3) is 0.273. The van der Waals surface area contributed by atoms with Crippen LogP contribution in [-0.4, -0.2) is 35.9 Å². The number of para-hydroxylation sites is 1. The molecule has 2 heterocycles. The van der Waals surface area contributed by atoms with Crippen molar-refractivity contribution in [1.82, 2.24) is 10.2 Å². The smallest absolute Gasteiger partial charge is 0.227 e. The number of fused-ring (bicyclic) bond motifs is 1. The van der Waals surface area contributed by atoms with E-state index in [0.717, 1.165) is 22.4 Å². The summed E-state index contributed by atoms with van der Waals surface area (Å²) < 4.78 is 11.5. The SMILES string of the molecule is C=C/C(Cl)=C(/C)C(=C)OCCCC(=O)N1CCOc2c(-c3cn[nH]c3)cccc21. The van der Waals surface area contributed by atoms with Crippen LogP contribution in [0.4, 0.5) is 5.69 Å². The van der Waals surface area contributed by atoms with Crippen molar-refractivity contribution in [3.63, 3.8) is 0 Å². The Labute approximate surface area is 175 Å². The van der Waals surface area contributed by atoms with Crippen molar-refractivity contribution in [2.75, 3.05) is 24.7 Å². The maximum atomic E-state index is 12.8. The van der Waals surface area contributed by atoms with Crippen LogP contribution >= 0.6 is 11.6 Å². The number of rotatable bonds is 8. The molecule has 1 aromatic heterocycles. The van der Waals surface area contributed by atoms with Crippen molar-refractivity contribution < 1.29 is 14.3 Å². The molecule has 0 fully saturated rings. The predicted octanol–water partition coefficient (Wildman–Crippen LogP) is 4.81. The summed E-state index contributed by atoms with van der Waals surface area (Å²) in [5.74, 6) is 1.23. The molecule has 0 saturated heterocycles. The zero-order chi connectivity index (χ0) is 20.8. The first kappa shape index (κ1) is 20.7. The molecule has 0 saturated carbocycles. The predicted molar refractivity (Wildman–Crippen MR) is 115 cm³/mol. The number of nitrogens with zero attached hydrogens (tertiary/aromatic N) is 2. The standard InChI is InChI=1S/C22H24ClN3O3/c1-4-19(23)15(2)16(3)28-11-6-9-21(27)26-10-12-29-22-18(7-5-8-20(22)26)17-13-24-25-14-17/h4-5,7-8,13-14H,1,3,6,9-12H2,2H3,(H,24,25)/b19-15+. The van der Waals surface area contributed by atoms with Crippen LogP contribution in [0.3, 0.4) is 0 Å². The molecule has 3 rings (SSSR count). The molecule has 152 valence electrons. The van der Waals surface area contributed by atoms with Crippen molar-refractivity contribution >= 4 is 23.2 Å². The molecule has 1 aliphatic rings. The van der Waals surface area contributed by atoms with E-state index in [0.29, 0.717) is 49.1 Å². The molecule has 1 amide bonds. The Hall–Kier alpha value is -2.99. The molecule has 1 N–H and O–H groups in total. The quantitative estimate of drug-likeness (QED) is 0.383. The maximum absolute atomic E-state index is 12.8. The number of hydrogen-bond donors (Lipinski definition) is 1. The second-order valence-corrected chi connectivity index (χ2v) is 6.99. The fourth-order valence-electron chi connectivity index (χ4n) is 3.08. The second-order valence-electron chi connectivity index (χ2n) is 6.59. The zero-order valence-electron chi connectivity index (χ0n) is 16.4. The van der Waals surface area contributed by atoms with Crippen LogP contribution < -0.4 is 9.64 Å². The van der Waals surface area contributed by atoms with Crippen molar-refractivity contribution in [3.8, 4) is 16.9 Å². The van der Waals surface area contributed by atoms with Gasteiger partial charge < -0.3 is 14.4 Å². The fourth-order valence-corrected chi connectivity index (χ4v) is 3.19. The van der Waals surface area contributed by atoms with Gasteiger partial charge in [-0.25, -0.2) is 0 Å². The van der Waals surface area contributed by atoms with E-state index in [1.807, 2.05) is 25.1 Å². The largest absolute Gasteiger partial charge is 0.494 e.